The molecule has 7 heavy (non-hydrogen) atoms. The van der Waals surface area contributed by atoms with Crippen LogP contribution in [0.4, 0.5) is 0 Å². The molecule has 0 aromatic heterocycles. The van der Waals surface area contributed by atoms with Crippen LogP contribution in [0.1, 0.15) is 0 Å². The van der Waals surface area contributed by atoms with Crippen LogP contribution in [0, 0.1) is 0 Å². The highest BCUT2D eigenvalue weighted by Crippen LogP contribution is 2.32. The van der Waals surface area contributed by atoms with Crippen molar-refractivity contribution in [3.63, 3.8) is 0 Å². The molecule has 0 fully saturated rings. The first-order chi connectivity index (χ1) is 3.29. The Morgan fingerprint density at radius 2 is 2.43 bits per heavy atom. The van der Waals surface area contributed by atoms with E-state index in [0.717, 1.165) is 5.03 Å². The highest BCUT2D eigenvalue weighted by Gasteiger charge is 2.09. The zero-order valence-corrected chi connectivity index (χ0v) is 5.26. The van der Waals surface area contributed by atoms with Crippen molar-refractivity contribution in [2.45, 2.75) is 4.71 Å². The summed E-state index contributed by atoms with van der Waals surface area (Å²) in [6, 6.07) is 0. The lowest BCUT2D eigenvalue weighted by atomic mass is 11.1. The summed E-state index contributed by atoms with van der Waals surface area (Å²) in [5.74, 6) is 0. The molecule has 0 saturated heterocycles. The van der Waals surface area contributed by atoms with E-state index in [1.165, 1.54) is 11.8 Å². The van der Waals surface area contributed by atoms with E-state index >= 15 is 0 Å². The van der Waals surface area contributed by atoms with Crippen molar-refractivity contribution in [1.29, 1.82) is 0 Å². The third-order valence-corrected chi connectivity index (χ3v) is 2.62. The van der Waals surface area contributed by atoms with Gasteiger partial charge in [-0.05, 0) is 0 Å². The Kier molecular flexibility index (Phi) is 1.51. The number of hydrogen-bond donors (Lipinski definition) is 2. The van der Waals surface area contributed by atoms with Gasteiger partial charge in [0.2, 0.25) is 0 Å². The molecule has 0 amide bonds. The van der Waals surface area contributed by atoms with Gasteiger partial charge in [-0.3, -0.25) is 0 Å². The second-order valence-corrected chi connectivity index (χ2v) is 3.67. The molecule has 0 aliphatic carbocycles. The topological polar surface area (TPSA) is 52.0 Å². The molecule has 1 aliphatic rings. The van der Waals surface area contributed by atoms with Crippen LogP contribution in [-0.4, -0.2) is 4.71 Å². The van der Waals surface area contributed by atoms with Crippen LogP contribution in [0.15, 0.2) is 10.4 Å². The summed E-state index contributed by atoms with van der Waals surface area (Å²) in [6.45, 7) is 0. The van der Waals surface area contributed by atoms with Crippen molar-refractivity contribution in [1.82, 2.24) is 0 Å². The molecular formula is C3H6N2S2. The summed E-state index contributed by atoms with van der Waals surface area (Å²) in [6.07, 6.45) is 0. The zero-order valence-electron chi connectivity index (χ0n) is 3.63. The molecule has 0 aromatic rings. The van der Waals surface area contributed by atoms with Crippen LogP contribution in [0.2, 0.25) is 0 Å². The molecule has 0 radical (unpaired) electrons. The average molecular weight is 134 g/mol. The molecule has 0 bridgehead atoms. The maximum atomic E-state index is 5.42. The lowest BCUT2D eigenvalue weighted by Gasteiger charge is -1.94. The van der Waals surface area contributed by atoms with Crippen LogP contribution in [0.5, 0.6) is 0 Å². The quantitative estimate of drug-likeness (QED) is 0.505. The molecule has 1 heterocycles. The summed E-state index contributed by atoms with van der Waals surface area (Å²) < 4.78 is 0.139. The van der Waals surface area contributed by atoms with Gasteiger partial charge >= 0.3 is 0 Å². The number of thioether (sulfide) groups is 2. The van der Waals surface area contributed by atoms with Gasteiger partial charge in [-0.2, -0.15) is 0 Å². The minimum Gasteiger partial charge on any atom is -0.393 e. The number of rotatable bonds is 0. The first-order valence-corrected chi connectivity index (χ1v) is 3.64. The molecule has 0 spiro atoms. The highest BCUT2D eigenvalue weighted by atomic mass is 32.2. The fraction of sp³-hybridized carbons (Fsp3) is 0.333. The Morgan fingerprint density at radius 3 is 2.57 bits per heavy atom. The minimum atomic E-state index is 0.139. The van der Waals surface area contributed by atoms with Crippen LogP contribution in [-0.2, 0) is 0 Å². The first kappa shape index (κ1) is 5.34. The highest BCUT2D eigenvalue weighted by molar-refractivity contribution is 8.22. The van der Waals surface area contributed by atoms with Gasteiger partial charge in [-0.1, -0.05) is 11.8 Å². The van der Waals surface area contributed by atoms with Crippen LogP contribution >= 0.6 is 23.5 Å². The zero-order chi connectivity index (χ0) is 5.28. The molecule has 4 N–H and O–H groups in total. The van der Waals surface area contributed by atoms with Gasteiger partial charge in [-0.25, -0.2) is 0 Å². The van der Waals surface area contributed by atoms with E-state index < -0.39 is 0 Å². The van der Waals surface area contributed by atoms with Crippen molar-refractivity contribution in [2.24, 2.45) is 11.5 Å². The van der Waals surface area contributed by atoms with Crippen molar-refractivity contribution >= 4 is 23.5 Å². The average Bonchev–Trinajstić information content (AvgIpc) is 1.87. The van der Waals surface area contributed by atoms with Crippen LogP contribution in [0.25, 0.3) is 0 Å². The lowest BCUT2D eigenvalue weighted by Crippen LogP contribution is -2.06. The van der Waals surface area contributed by atoms with Crippen molar-refractivity contribution in [2.75, 3.05) is 0 Å². The Morgan fingerprint density at radius 1 is 1.71 bits per heavy atom. The Labute approximate surface area is 50.7 Å². The molecule has 1 rings (SSSR count). The molecule has 2 nitrogen and oxygen atoms in total. The Bertz CT molecular complexity index is 101. The second kappa shape index (κ2) is 1.98. The fourth-order valence-corrected chi connectivity index (χ4v) is 1.97. The van der Waals surface area contributed by atoms with E-state index in [9.17, 15) is 0 Å². The minimum absolute atomic E-state index is 0.139. The van der Waals surface area contributed by atoms with E-state index in [0.29, 0.717) is 0 Å². The maximum Gasteiger partial charge on any atom is 0.108 e. The smallest absolute Gasteiger partial charge is 0.108 e. The molecule has 1 unspecified atom stereocenters. The standard InChI is InChI=1S/C3H6N2S2/c4-2-1-6-3(5)7-2/h1,3H,4-5H2. The molecule has 4 heteroatoms. The maximum absolute atomic E-state index is 5.42. The molecule has 0 aromatic carbocycles. The molecule has 1 atom stereocenters. The molecule has 0 saturated carbocycles. The van der Waals surface area contributed by atoms with Crippen LogP contribution in [0.3, 0.4) is 0 Å². The van der Waals surface area contributed by atoms with Gasteiger partial charge in [0.15, 0.2) is 0 Å². The third kappa shape index (κ3) is 1.29. The second-order valence-electron chi connectivity index (χ2n) is 1.14. The van der Waals surface area contributed by atoms with Gasteiger partial charge in [0.1, 0.15) is 4.71 Å². The van der Waals surface area contributed by atoms with Crippen LogP contribution < -0.4 is 11.5 Å². The predicted molar refractivity (Wildman–Crippen MR) is 35.4 cm³/mol. The van der Waals surface area contributed by atoms with Crippen molar-refractivity contribution < 1.29 is 0 Å². The van der Waals surface area contributed by atoms with Crippen molar-refractivity contribution in [3.05, 3.63) is 10.4 Å². The summed E-state index contributed by atoms with van der Waals surface area (Å²) in [5, 5.41) is 2.70. The molecule has 1 aliphatic heterocycles. The van der Waals surface area contributed by atoms with Crippen molar-refractivity contribution in [3.8, 4) is 0 Å². The summed E-state index contributed by atoms with van der Waals surface area (Å²) in [4.78, 5) is 0. The van der Waals surface area contributed by atoms with E-state index in [4.69, 9.17) is 11.5 Å². The Balaban J connectivity index is 2.42. The van der Waals surface area contributed by atoms with Gasteiger partial charge in [0, 0.05) is 5.41 Å². The lowest BCUT2D eigenvalue weighted by molar-refractivity contribution is 1.32. The van der Waals surface area contributed by atoms with Gasteiger partial charge in [0.05, 0.1) is 5.03 Å². The number of nitrogens with two attached hydrogens (primary N) is 2. The van der Waals surface area contributed by atoms with E-state index in [2.05, 4.69) is 0 Å². The molecular weight excluding hydrogens is 128 g/mol. The van der Waals surface area contributed by atoms with E-state index in [-0.39, 0.29) is 4.71 Å². The normalized spacial score (nSPS) is 30.4. The largest absolute Gasteiger partial charge is 0.393 e. The monoisotopic (exact) mass is 134 g/mol. The van der Waals surface area contributed by atoms with Gasteiger partial charge in [-0.15, -0.1) is 11.8 Å². The number of hydrogen-bond acceptors (Lipinski definition) is 4. The first-order valence-electron chi connectivity index (χ1n) is 1.82. The van der Waals surface area contributed by atoms with Gasteiger partial charge < -0.3 is 11.5 Å². The summed E-state index contributed by atoms with van der Waals surface area (Å²) in [7, 11) is 0. The Hall–Kier alpha value is 0.200. The molecule has 40 valence electrons. The summed E-state index contributed by atoms with van der Waals surface area (Å²) >= 11 is 3.06. The summed E-state index contributed by atoms with van der Waals surface area (Å²) in [5.41, 5.74) is 10.8. The van der Waals surface area contributed by atoms with E-state index in [1.54, 1.807) is 11.8 Å². The van der Waals surface area contributed by atoms with E-state index in [1.807, 2.05) is 5.41 Å². The third-order valence-electron chi connectivity index (χ3n) is 0.571. The predicted octanol–water partition coefficient (Wildman–Crippen LogP) is 0.466. The SMILES string of the molecule is NC1=CSC(N)S1. The van der Waals surface area contributed by atoms with Gasteiger partial charge in [0.25, 0.3) is 0 Å². The fourth-order valence-electron chi connectivity index (χ4n) is 0.324.